The molecule has 0 heterocycles. The molecule has 2 aromatic carbocycles. The summed E-state index contributed by atoms with van der Waals surface area (Å²) in [4.78, 5) is 0. The van der Waals surface area contributed by atoms with E-state index in [1.54, 1.807) is 9.77 Å². The van der Waals surface area contributed by atoms with Crippen molar-refractivity contribution >= 4 is 28.0 Å². The third kappa shape index (κ3) is 5.13. The van der Waals surface area contributed by atoms with Crippen molar-refractivity contribution in [3.8, 4) is 0 Å². The molecule has 0 fully saturated rings. The van der Waals surface area contributed by atoms with E-state index in [0.717, 1.165) is 6.42 Å². The van der Waals surface area contributed by atoms with Gasteiger partial charge < -0.3 is 0 Å². The Labute approximate surface area is 201 Å². The van der Waals surface area contributed by atoms with Crippen LogP contribution in [0.3, 0.4) is 0 Å². The van der Waals surface area contributed by atoms with Crippen molar-refractivity contribution in [2.75, 3.05) is 0 Å². The molecule has 30 heavy (non-hydrogen) atoms. The monoisotopic (exact) mass is 514 g/mol. The Morgan fingerprint density at radius 3 is 1.73 bits per heavy atom. The molecule has 0 saturated carbocycles. The average Bonchev–Trinajstić information content (AvgIpc) is 3.20. The molecule has 1 unspecified atom stereocenters. The third-order valence-corrected chi connectivity index (χ3v) is 14.2. The van der Waals surface area contributed by atoms with Crippen LogP contribution in [0.15, 0.2) is 102 Å². The van der Waals surface area contributed by atoms with Crippen LogP contribution in [0.2, 0.25) is 0 Å². The van der Waals surface area contributed by atoms with Gasteiger partial charge >= 0.3 is 178 Å². The molecule has 156 valence electrons. The molecule has 2 aliphatic rings. The van der Waals surface area contributed by atoms with Crippen molar-refractivity contribution < 1.29 is 21.3 Å². The van der Waals surface area contributed by atoms with E-state index >= 15 is 0 Å². The molecule has 0 N–H and O–H groups in total. The Bertz CT molecular complexity index is 1010. The topological polar surface area (TPSA) is 0 Å². The predicted molar refractivity (Wildman–Crippen MR) is 133 cm³/mol. The number of rotatable bonds is 4. The van der Waals surface area contributed by atoms with Gasteiger partial charge in [-0.25, -0.2) is 0 Å². The smallest absolute Gasteiger partial charge is 0.147 e. The van der Waals surface area contributed by atoms with Gasteiger partial charge in [0, 0.05) is 0 Å². The summed E-state index contributed by atoms with van der Waals surface area (Å²) in [7, 11) is 0. The summed E-state index contributed by atoms with van der Waals surface area (Å²) in [6.45, 7) is 9.27. The predicted octanol–water partition coefficient (Wildman–Crippen LogP) is 7.82. The minimum absolute atomic E-state index is 0. The summed E-state index contributed by atoms with van der Waals surface area (Å²) in [5.74, 6) is 0.554. The Morgan fingerprint density at radius 2 is 1.33 bits per heavy atom. The van der Waals surface area contributed by atoms with Gasteiger partial charge in [0.05, 0.1) is 0 Å². The van der Waals surface area contributed by atoms with E-state index in [2.05, 4.69) is 107 Å². The molecule has 0 amide bonds. The third-order valence-electron chi connectivity index (χ3n) is 5.75. The fourth-order valence-corrected chi connectivity index (χ4v) is 13.6. The Kier molecular flexibility index (Phi) is 9.04. The molecule has 0 radical (unpaired) electrons. The Balaban J connectivity index is 0.00000160. The molecule has 0 spiro atoms. The zero-order valence-electron chi connectivity index (χ0n) is 18.1. The van der Waals surface area contributed by atoms with Crippen molar-refractivity contribution in [1.29, 1.82) is 0 Å². The number of hydrogen-bond acceptors (Lipinski definition) is 0. The van der Waals surface area contributed by atoms with E-state index in [0.29, 0.717) is 5.92 Å². The first-order valence-electron chi connectivity index (χ1n) is 10.2. The fourth-order valence-electron chi connectivity index (χ4n) is 4.55. The maximum absolute atomic E-state index is 2.51. The molecule has 4 rings (SSSR count). The zero-order chi connectivity index (χ0) is 19.7. The maximum Gasteiger partial charge on any atom is -0.147 e. The molecule has 1 atom stereocenters. The Hall–Kier alpha value is -1.27. The van der Waals surface area contributed by atoms with Crippen LogP contribution < -0.4 is 0 Å². The summed E-state index contributed by atoms with van der Waals surface area (Å²) < 4.78 is 5.10. The minimum Gasteiger partial charge on any atom is -0.147 e. The molecule has 0 nitrogen and oxygen atoms in total. The van der Waals surface area contributed by atoms with Crippen LogP contribution in [0.4, 0.5) is 0 Å². The van der Waals surface area contributed by atoms with Gasteiger partial charge in [-0.1, -0.05) is 0 Å². The van der Waals surface area contributed by atoms with Gasteiger partial charge in [-0.3, -0.25) is 0 Å². The number of halogens is 2. The van der Waals surface area contributed by atoms with Crippen molar-refractivity contribution in [2.24, 2.45) is 5.92 Å². The van der Waals surface area contributed by atoms with E-state index in [9.17, 15) is 0 Å². The van der Waals surface area contributed by atoms with Crippen molar-refractivity contribution in [3.63, 3.8) is 0 Å². The molecule has 2 aliphatic carbocycles. The fraction of sp³-hybridized carbons (Fsp3) is 0.222. The van der Waals surface area contributed by atoms with Gasteiger partial charge in [-0.2, -0.15) is 0 Å². The van der Waals surface area contributed by atoms with Crippen LogP contribution in [0.25, 0.3) is 0 Å². The standard InChI is InChI=1S/C13H10.2C7H9.2ClH.Zr/c1-3-7-12(8-4-1)11-13-9-5-2-6-10-13;2*1-6-3-4-7(2)5-6;;;/h1-10H;5H,3H2,1-2H3;3,5,7H,1-2H3;2*1H;. The van der Waals surface area contributed by atoms with Crippen molar-refractivity contribution in [2.45, 2.75) is 34.1 Å². The van der Waals surface area contributed by atoms with E-state index < -0.39 is 21.3 Å². The molecular formula is C27H30Cl2Zr. The molecule has 0 aromatic heterocycles. The number of allylic oxidation sites excluding steroid dienone is 8. The molecule has 0 saturated heterocycles. The molecule has 3 heteroatoms. The Morgan fingerprint density at radius 1 is 0.800 bits per heavy atom. The van der Waals surface area contributed by atoms with Crippen LogP contribution in [0.5, 0.6) is 0 Å². The van der Waals surface area contributed by atoms with Gasteiger partial charge in [0.1, 0.15) is 0 Å². The van der Waals surface area contributed by atoms with Gasteiger partial charge in [-0.15, -0.1) is 24.8 Å². The maximum atomic E-state index is 2.51. The first-order valence-corrected chi connectivity index (χ1v) is 13.9. The summed E-state index contributed by atoms with van der Waals surface area (Å²) in [5.41, 5.74) is 7.29. The van der Waals surface area contributed by atoms with E-state index in [-0.39, 0.29) is 24.8 Å². The summed E-state index contributed by atoms with van der Waals surface area (Å²) in [6.07, 6.45) is 8.55. The molecule has 0 aliphatic heterocycles. The van der Waals surface area contributed by atoms with Crippen LogP contribution >= 0.6 is 24.8 Å². The van der Waals surface area contributed by atoms with Crippen LogP contribution in [-0.2, 0) is 21.3 Å². The van der Waals surface area contributed by atoms with Crippen molar-refractivity contribution in [3.05, 3.63) is 113 Å². The van der Waals surface area contributed by atoms with E-state index in [4.69, 9.17) is 0 Å². The second-order valence-electron chi connectivity index (χ2n) is 8.11. The first-order chi connectivity index (χ1) is 13.5. The van der Waals surface area contributed by atoms with Gasteiger partial charge in [0.25, 0.3) is 0 Å². The quantitative estimate of drug-likeness (QED) is 0.389. The largest absolute Gasteiger partial charge is 0.147 e. The van der Waals surface area contributed by atoms with Crippen molar-refractivity contribution in [1.82, 2.24) is 0 Å². The van der Waals surface area contributed by atoms with E-state index in [1.807, 2.05) is 0 Å². The summed E-state index contributed by atoms with van der Waals surface area (Å²) in [5, 5.41) is 0. The summed E-state index contributed by atoms with van der Waals surface area (Å²) >= 11 is -2.32. The van der Waals surface area contributed by atoms with Crippen LogP contribution in [-0.4, -0.2) is 3.21 Å². The number of benzene rings is 2. The normalized spacial score (nSPS) is 17.5. The molecular weight excluding hydrogens is 486 g/mol. The number of hydrogen-bond donors (Lipinski definition) is 0. The van der Waals surface area contributed by atoms with Gasteiger partial charge in [-0.05, 0) is 0 Å². The zero-order valence-corrected chi connectivity index (χ0v) is 22.2. The molecule has 0 bridgehead atoms. The average molecular weight is 517 g/mol. The van der Waals surface area contributed by atoms with Gasteiger partial charge in [0.2, 0.25) is 0 Å². The van der Waals surface area contributed by atoms with Crippen LogP contribution in [0, 0.1) is 5.92 Å². The van der Waals surface area contributed by atoms with Gasteiger partial charge in [0.15, 0.2) is 0 Å². The second-order valence-corrected chi connectivity index (χ2v) is 14.1. The minimum atomic E-state index is -2.32. The first kappa shape index (κ1) is 25.0. The SMILES string of the molecule is CC1=CC(C)[C]([Zr]([C]2=C(C)C=C(C)C2)=[C](c2ccccc2)c2ccccc2)=C1.Cl.Cl. The van der Waals surface area contributed by atoms with E-state index in [1.165, 1.54) is 27.8 Å². The van der Waals surface area contributed by atoms with Crippen LogP contribution in [0.1, 0.15) is 45.2 Å². The second kappa shape index (κ2) is 10.9. The molecule has 2 aromatic rings. The summed E-state index contributed by atoms with van der Waals surface area (Å²) in [6, 6.07) is 22.3.